The molecule has 8 heteroatoms. The first kappa shape index (κ1) is 23.0. The summed E-state index contributed by atoms with van der Waals surface area (Å²) in [6.45, 7) is 7.13. The Morgan fingerprint density at radius 3 is 2.84 bits per heavy atom. The zero-order valence-electron chi connectivity index (χ0n) is 18.6. The molecule has 1 aliphatic heterocycles. The summed E-state index contributed by atoms with van der Waals surface area (Å²) in [6.07, 6.45) is 0.883. The van der Waals surface area contributed by atoms with Crippen LogP contribution in [-0.2, 0) is 4.74 Å². The van der Waals surface area contributed by atoms with Gasteiger partial charge in [-0.25, -0.2) is 4.98 Å². The van der Waals surface area contributed by atoms with Crippen LogP contribution in [0.5, 0.6) is 5.75 Å². The van der Waals surface area contributed by atoms with Gasteiger partial charge >= 0.3 is 0 Å². The van der Waals surface area contributed by atoms with Crippen molar-refractivity contribution in [2.24, 2.45) is 0 Å². The summed E-state index contributed by atoms with van der Waals surface area (Å²) in [5, 5.41) is 0.733. The number of ether oxygens (including phenoxy) is 2. The van der Waals surface area contributed by atoms with Crippen LogP contribution in [0, 0.1) is 0 Å². The molecule has 32 heavy (non-hydrogen) atoms. The molecule has 0 bridgehead atoms. The maximum absolute atomic E-state index is 13.7. The number of fused-ring (bicyclic) bond motifs is 1. The quantitative estimate of drug-likeness (QED) is 0.419. The highest BCUT2D eigenvalue weighted by atomic mass is 32.2. The lowest BCUT2D eigenvalue weighted by Crippen LogP contribution is -2.39. The van der Waals surface area contributed by atoms with Crippen LogP contribution >= 0.6 is 23.1 Å². The van der Waals surface area contributed by atoms with Crippen LogP contribution in [-0.4, -0.2) is 68.0 Å². The third-order valence-electron chi connectivity index (χ3n) is 5.44. The van der Waals surface area contributed by atoms with Gasteiger partial charge in [0, 0.05) is 37.1 Å². The van der Waals surface area contributed by atoms with E-state index in [1.54, 1.807) is 30.2 Å². The normalized spacial score (nSPS) is 14.6. The number of aromatic nitrogens is 1. The van der Waals surface area contributed by atoms with Crippen molar-refractivity contribution in [2.75, 3.05) is 57.2 Å². The van der Waals surface area contributed by atoms with Crippen molar-refractivity contribution >= 4 is 44.4 Å². The predicted octanol–water partition coefficient (Wildman–Crippen LogP) is 4.79. The van der Waals surface area contributed by atoms with E-state index in [1.807, 2.05) is 47.4 Å². The molecule has 0 unspecified atom stereocenters. The highest BCUT2D eigenvalue weighted by molar-refractivity contribution is 7.99. The van der Waals surface area contributed by atoms with Gasteiger partial charge in [0.1, 0.15) is 5.75 Å². The first-order valence-corrected chi connectivity index (χ1v) is 12.8. The average Bonchev–Trinajstić information content (AvgIpc) is 3.25. The van der Waals surface area contributed by atoms with Crippen molar-refractivity contribution in [1.29, 1.82) is 0 Å². The molecular weight excluding hydrogens is 442 g/mol. The zero-order chi connectivity index (χ0) is 22.3. The van der Waals surface area contributed by atoms with Gasteiger partial charge in [0.05, 0.1) is 36.1 Å². The second-order valence-corrected chi connectivity index (χ2v) is 9.84. The van der Waals surface area contributed by atoms with Crippen molar-refractivity contribution in [3.8, 4) is 5.75 Å². The third kappa shape index (κ3) is 5.43. The van der Waals surface area contributed by atoms with Gasteiger partial charge in [-0.15, -0.1) is 11.8 Å². The van der Waals surface area contributed by atoms with Gasteiger partial charge in [0.15, 0.2) is 5.13 Å². The van der Waals surface area contributed by atoms with Gasteiger partial charge in [-0.1, -0.05) is 30.4 Å². The largest absolute Gasteiger partial charge is 0.497 e. The van der Waals surface area contributed by atoms with E-state index in [2.05, 4.69) is 11.8 Å². The minimum absolute atomic E-state index is 0.00884. The summed E-state index contributed by atoms with van der Waals surface area (Å²) in [4.78, 5) is 23.8. The minimum Gasteiger partial charge on any atom is -0.497 e. The molecule has 170 valence electrons. The number of methoxy groups -OCH3 is 1. The molecule has 0 aliphatic carbocycles. The number of hydrogen-bond acceptors (Lipinski definition) is 7. The summed E-state index contributed by atoms with van der Waals surface area (Å²) in [7, 11) is 1.65. The number of nitrogens with zero attached hydrogens (tertiary/aromatic N) is 3. The van der Waals surface area contributed by atoms with E-state index < -0.39 is 0 Å². The molecule has 2 aromatic carbocycles. The van der Waals surface area contributed by atoms with Gasteiger partial charge in [0.25, 0.3) is 5.91 Å². The lowest BCUT2D eigenvalue weighted by molar-refractivity contribution is 0.0376. The van der Waals surface area contributed by atoms with Gasteiger partial charge in [-0.05, 0) is 36.4 Å². The Morgan fingerprint density at radius 2 is 2.06 bits per heavy atom. The standard InChI is InChI=1S/C24H29N3O3S2/c1-3-31-21-8-5-4-7-19(21)23(28)27(12-6-11-26-13-15-30-16-14-26)24-25-20-17-18(29-2)9-10-22(20)32-24/h4-5,7-10,17H,3,6,11-16H2,1-2H3. The fourth-order valence-electron chi connectivity index (χ4n) is 3.77. The third-order valence-corrected chi connectivity index (χ3v) is 7.45. The number of morpholine rings is 1. The number of amides is 1. The molecular formula is C24H29N3O3S2. The van der Waals surface area contributed by atoms with Gasteiger partial charge < -0.3 is 9.47 Å². The van der Waals surface area contributed by atoms with Gasteiger partial charge in [-0.3, -0.25) is 14.6 Å². The molecule has 1 saturated heterocycles. The maximum atomic E-state index is 13.7. The SMILES string of the molecule is CCSc1ccccc1C(=O)N(CCCN1CCOCC1)c1nc2cc(OC)ccc2s1. The van der Waals surface area contributed by atoms with E-state index in [1.165, 1.54) is 0 Å². The average molecular weight is 472 g/mol. The highest BCUT2D eigenvalue weighted by Gasteiger charge is 2.24. The number of thiazole rings is 1. The number of benzene rings is 2. The fourth-order valence-corrected chi connectivity index (χ4v) is 5.54. The van der Waals surface area contributed by atoms with Crippen LogP contribution in [0.3, 0.4) is 0 Å². The van der Waals surface area contributed by atoms with E-state index in [9.17, 15) is 4.79 Å². The molecule has 6 nitrogen and oxygen atoms in total. The Hall–Kier alpha value is -2.13. The molecule has 3 aromatic rings. The number of thioether (sulfide) groups is 1. The topological polar surface area (TPSA) is 54.9 Å². The Kier molecular flexibility index (Phi) is 8.02. The van der Waals surface area contributed by atoms with Crippen LogP contribution < -0.4 is 9.64 Å². The van der Waals surface area contributed by atoms with Crippen LogP contribution in [0.2, 0.25) is 0 Å². The van der Waals surface area contributed by atoms with Crippen LogP contribution in [0.1, 0.15) is 23.7 Å². The van der Waals surface area contributed by atoms with Crippen molar-refractivity contribution in [3.63, 3.8) is 0 Å². The Morgan fingerprint density at radius 1 is 1.25 bits per heavy atom. The van der Waals surface area contributed by atoms with Crippen molar-refractivity contribution in [3.05, 3.63) is 48.0 Å². The summed E-state index contributed by atoms with van der Waals surface area (Å²) in [5.41, 5.74) is 1.59. The summed E-state index contributed by atoms with van der Waals surface area (Å²) in [6, 6.07) is 13.7. The van der Waals surface area contributed by atoms with Crippen LogP contribution in [0.4, 0.5) is 5.13 Å². The van der Waals surface area contributed by atoms with Crippen molar-refractivity contribution < 1.29 is 14.3 Å². The Labute approximate surface area is 197 Å². The van der Waals surface area contributed by atoms with Gasteiger partial charge in [0.2, 0.25) is 0 Å². The second-order valence-electron chi connectivity index (χ2n) is 7.52. The molecule has 1 amide bonds. The molecule has 4 rings (SSSR count). The summed E-state index contributed by atoms with van der Waals surface area (Å²) < 4.78 is 11.8. The Bertz CT molecular complexity index is 1050. The fraction of sp³-hybridized carbons (Fsp3) is 0.417. The van der Waals surface area contributed by atoms with Gasteiger partial charge in [-0.2, -0.15) is 0 Å². The zero-order valence-corrected chi connectivity index (χ0v) is 20.2. The van der Waals surface area contributed by atoms with E-state index in [-0.39, 0.29) is 5.91 Å². The molecule has 1 aliphatic rings. The van der Waals surface area contributed by atoms with Crippen LogP contribution in [0.25, 0.3) is 10.2 Å². The summed E-state index contributed by atoms with van der Waals surface area (Å²) in [5.74, 6) is 1.70. The van der Waals surface area contributed by atoms with Crippen LogP contribution in [0.15, 0.2) is 47.4 Å². The highest BCUT2D eigenvalue weighted by Crippen LogP contribution is 2.33. The predicted molar refractivity (Wildman–Crippen MR) is 133 cm³/mol. The number of anilines is 1. The molecule has 2 heterocycles. The molecule has 0 saturated carbocycles. The maximum Gasteiger partial charge on any atom is 0.261 e. The summed E-state index contributed by atoms with van der Waals surface area (Å²) >= 11 is 3.25. The molecule has 1 fully saturated rings. The lowest BCUT2D eigenvalue weighted by Gasteiger charge is -2.28. The Balaban J connectivity index is 1.61. The molecule has 1 aromatic heterocycles. The molecule has 0 atom stereocenters. The smallest absolute Gasteiger partial charge is 0.261 e. The van der Waals surface area contributed by atoms with E-state index >= 15 is 0 Å². The van der Waals surface area contributed by atoms with Crippen molar-refractivity contribution in [1.82, 2.24) is 9.88 Å². The molecule has 0 spiro atoms. The first-order chi connectivity index (χ1) is 15.7. The number of rotatable bonds is 9. The number of hydrogen-bond donors (Lipinski definition) is 0. The molecule has 0 radical (unpaired) electrons. The van der Waals surface area contributed by atoms with E-state index in [0.717, 1.165) is 76.6 Å². The number of carbonyl (C=O) groups is 1. The monoisotopic (exact) mass is 471 g/mol. The minimum atomic E-state index is 0.00884. The molecule has 0 N–H and O–H groups in total. The van der Waals surface area contributed by atoms with E-state index in [4.69, 9.17) is 14.5 Å². The van der Waals surface area contributed by atoms with Crippen molar-refractivity contribution in [2.45, 2.75) is 18.2 Å². The lowest BCUT2D eigenvalue weighted by atomic mass is 10.2. The first-order valence-electron chi connectivity index (χ1n) is 11.0. The van der Waals surface area contributed by atoms with E-state index in [0.29, 0.717) is 6.54 Å². The second kappa shape index (κ2) is 11.1. The number of carbonyl (C=O) groups excluding carboxylic acids is 1.